The molecule has 2 amide bonds. The van der Waals surface area contributed by atoms with E-state index in [1.165, 1.54) is 0 Å². The van der Waals surface area contributed by atoms with E-state index in [1.54, 1.807) is 0 Å². The number of carboxylic acid groups (broad SMARTS) is 1. The molecule has 1 aliphatic carbocycles. The first-order chi connectivity index (χ1) is 9.08. The second-order valence-corrected chi connectivity index (χ2v) is 6.38. The Kier molecular flexibility index (Phi) is 7.05. The topological polar surface area (TPSA) is 78.4 Å². The van der Waals surface area contributed by atoms with Crippen LogP contribution in [0.4, 0.5) is 4.79 Å². The number of nitrogens with one attached hydrogen (secondary N) is 2. The zero-order chi connectivity index (χ0) is 14.1. The first kappa shape index (κ1) is 16.1. The highest BCUT2D eigenvalue weighted by molar-refractivity contribution is 7.99. The first-order valence-electron chi connectivity index (χ1n) is 6.93. The second-order valence-electron chi connectivity index (χ2n) is 4.99. The zero-order valence-electron chi connectivity index (χ0n) is 11.5. The number of carboxylic acids is 1. The number of aliphatic carboxylic acids is 1. The number of thioether (sulfide) groups is 1. The Bertz CT molecular complexity index is 304. The molecule has 0 aliphatic heterocycles. The summed E-state index contributed by atoms with van der Waals surface area (Å²) >= 11 is 1.85. The van der Waals surface area contributed by atoms with Crippen LogP contribution in [0.2, 0.25) is 0 Å². The number of hydrogen-bond acceptors (Lipinski definition) is 3. The number of urea groups is 1. The summed E-state index contributed by atoms with van der Waals surface area (Å²) in [5.41, 5.74) is -0.534. The first-order valence-corrected chi connectivity index (χ1v) is 8.09. The maximum absolute atomic E-state index is 11.8. The molecule has 0 saturated heterocycles. The summed E-state index contributed by atoms with van der Waals surface area (Å²) in [5.74, 6) is 1.28. The van der Waals surface area contributed by atoms with Crippen molar-refractivity contribution in [1.82, 2.24) is 10.6 Å². The molecule has 0 bridgehead atoms. The van der Waals surface area contributed by atoms with Gasteiger partial charge in [0.1, 0.15) is 0 Å². The summed E-state index contributed by atoms with van der Waals surface area (Å²) in [6.07, 6.45) is 4.46. The lowest BCUT2D eigenvalue weighted by atomic mass is 9.93. The van der Waals surface area contributed by atoms with Gasteiger partial charge in [0.15, 0.2) is 0 Å². The Balaban J connectivity index is 2.29. The van der Waals surface area contributed by atoms with E-state index in [9.17, 15) is 9.59 Å². The lowest BCUT2D eigenvalue weighted by Crippen LogP contribution is -2.51. The molecule has 0 atom stereocenters. The highest BCUT2D eigenvalue weighted by Gasteiger charge is 2.37. The average molecular weight is 288 g/mol. The summed E-state index contributed by atoms with van der Waals surface area (Å²) < 4.78 is 0. The molecule has 3 N–H and O–H groups in total. The van der Waals surface area contributed by atoms with Crippen molar-refractivity contribution < 1.29 is 14.7 Å². The van der Waals surface area contributed by atoms with Crippen LogP contribution in [0, 0.1) is 0 Å². The van der Waals surface area contributed by atoms with E-state index in [0.29, 0.717) is 6.54 Å². The van der Waals surface area contributed by atoms with Gasteiger partial charge in [0.2, 0.25) is 0 Å². The third-order valence-electron chi connectivity index (χ3n) is 3.38. The van der Waals surface area contributed by atoms with E-state index in [2.05, 4.69) is 17.6 Å². The number of carbonyl (C=O) groups excluding carboxylic acids is 1. The normalized spacial score (nSPS) is 17.1. The minimum absolute atomic E-state index is 0.0199. The molecule has 0 unspecified atom stereocenters. The summed E-state index contributed by atoms with van der Waals surface area (Å²) in [6.45, 7) is 2.75. The predicted octanol–water partition coefficient (Wildman–Crippen LogP) is 2.22. The summed E-state index contributed by atoms with van der Waals surface area (Å²) in [7, 11) is 0. The molecule has 0 aromatic heterocycles. The fourth-order valence-electron chi connectivity index (χ4n) is 2.49. The maximum Gasteiger partial charge on any atom is 0.315 e. The van der Waals surface area contributed by atoms with Crippen LogP contribution in [0.15, 0.2) is 0 Å². The Morgan fingerprint density at radius 1 is 1.32 bits per heavy atom. The minimum atomic E-state index is -0.846. The molecule has 0 aromatic carbocycles. The zero-order valence-corrected chi connectivity index (χ0v) is 12.4. The predicted molar refractivity (Wildman–Crippen MR) is 77.6 cm³/mol. The molecule has 6 heteroatoms. The standard InChI is InChI=1S/C13H24N2O3S/c1-2-19-9-5-8-14-12(18)15-13(10-11(16)17)6-3-4-7-13/h2-10H2,1H3,(H,16,17)(H2,14,15,18). The van der Waals surface area contributed by atoms with Crippen molar-refractivity contribution in [3.63, 3.8) is 0 Å². The maximum atomic E-state index is 11.8. The average Bonchev–Trinajstić information content (AvgIpc) is 2.76. The van der Waals surface area contributed by atoms with Crippen molar-refractivity contribution in [2.24, 2.45) is 0 Å². The largest absolute Gasteiger partial charge is 0.481 e. The van der Waals surface area contributed by atoms with Crippen molar-refractivity contribution in [3.05, 3.63) is 0 Å². The van der Waals surface area contributed by atoms with Gasteiger partial charge in [-0.25, -0.2) is 4.79 Å². The van der Waals surface area contributed by atoms with E-state index in [0.717, 1.165) is 43.6 Å². The van der Waals surface area contributed by atoms with Crippen LogP contribution in [-0.4, -0.2) is 40.7 Å². The fraction of sp³-hybridized carbons (Fsp3) is 0.846. The highest BCUT2D eigenvalue weighted by Crippen LogP contribution is 2.32. The molecular formula is C13H24N2O3S. The number of carbonyl (C=O) groups is 2. The number of amides is 2. The van der Waals surface area contributed by atoms with E-state index < -0.39 is 11.5 Å². The molecule has 1 fully saturated rings. The van der Waals surface area contributed by atoms with E-state index in [1.807, 2.05) is 11.8 Å². The van der Waals surface area contributed by atoms with E-state index in [4.69, 9.17) is 5.11 Å². The third kappa shape index (κ3) is 6.18. The van der Waals surface area contributed by atoms with Crippen LogP contribution < -0.4 is 10.6 Å². The van der Waals surface area contributed by atoms with Gasteiger partial charge in [0.25, 0.3) is 0 Å². The summed E-state index contributed by atoms with van der Waals surface area (Å²) in [4.78, 5) is 22.7. The van der Waals surface area contributed by atoms with Gasteiger partial charge in [-0.2, -0.15) is 11.8 Å². The SMILES string of the molecule is CCSCCCNC(=O)NC1(CC(=O)O)CCCC1. The second kappa shape index (κ2) is 8.30. The van der Waals surface area contributed by atoms with Gasteiger partial charge in [0, 0.05) is 6.54 Å². The number of rotatable bonds is 8. The molecule has 19 heavy (non-hydrogen) atoms. The Morgan fingerprint density at radius 2 is 2.00 bits per heavy atom. The van der Waals surface area contributed by atoms with Crippen molar-refractivity contribution in [2.45, 2.75) is 51.0 Å². The molecule has 1 saturated carbocycles. The Hall–Kier alpha value is -0.910. The number of hydrogen-bond donors (Lipinski definition) is 3. The molecule has 0 radical (unpaired) electrons. The van der Waals surface area contributed by atoms with Gasteiger partial charge >= 0.3 is 12.0 Å². The lowest BCUT2D eigenvalue weighted by molar-refractivity contribution is -0.138. The van der Waals surface area contributed by atoms with Crippen molar-refractivity contribution in [3.8, 4) is 0 Å². The van der Waals surface area contributed by atoms with Crippen LogP contribution >= 0.6 is 11.8 Å². The third-order valence-corrected chi connectivity index (χ3v) is 4.37. The van der Waals surface area contributed by atoms with E-state index >= 15 is 0 Å². The Morgan fingerprint density at radius 3 is 2.58 bits per heavy atom. The Labute approximate surface area is 118 Å². The van der Waals surface area contributed by atoms with Crippen LogP contribution in [0.1, 0.15) is 45.4 Å². The van der Waals surface area contributed by atoms with Crippen LogP contribution in [0.3, 0.4) is 0 Å². The molecule has 0 spiro atoms. The van der Waals surface area contributed by atoms with Crippen LogP contribution in [-0.2, 0) is 4.79 Å². The molecule has 1 aliphatic rings. The van der Waals surface area contributed by atoms with Gasteiger partial charge in [-0.05, 0) is 30.8 Å². The van der Waals surface area contributed by atoms with Crippen molar-refractivity contribution in [2.75, 3.05) is 18.1 Å². The molecule has 110 valence electrons. The minimum Gasteiger partial charge on any atom is -0.481 e. The molecule has 0 aromatic rings. The van der Waals surface area contributed by atoms with Gasteiger partial charge in [0.05, 0.1) is 12.0 Å². The molecule has 1 rings (SSSR count). The lowest BCUT2D eigenvalue weighted by Gasteiger charge is -2.28. The van der Waals surface area contributed by atoms with Crippen LogP contribution in [0.5, 0.6) is 0 Å². The van der Waals surface area contributed by atoms with E-state index in [-0.39, 0.29) is 12.5 Å². The van der Waals surface area contributed by atoms with Gasteiger partial charge in [-0.15, -0.1) is 0 Å². The molecule has 5 nitrogen and oxygen atoms in total. The van der Waals surface area contributed by atoms with Crippen molar-refractivity contribution >= 4 is 23.8 Å². The van der Waals surface area contributed by atoms with Gasteiger partial charge in [-0.1, -0.05) is 19.8 Å². The fourth-order valence-corrected chi connectivity index (χ4v) is 3.13. The quantitative estimate of drug-likeness (QED) is 0.598. The monoisotopic (exact) mass is 288 g/mol. The summed E-state index contributed by atoms with van der Waals surface area (Å²) in [6, 6.07) is -0.232. The molecular weight excluding hydrogens is 264 g/mol. The van der Waals surface area contributed by atoms with Crippen molar-refractivity contribution in [1.29, 1.82) is 0 Å². The summed E-state index contributed by atoms with van der Waals surface area (Å²) in [5, 5.41) is 14.6. The van der Waals surface area contributed by atoms with Gasteiger partial charge < -0.3 is 15.7 Å². The molecule has 0 heterocycles. The van der Waals surface area contributed by atoms with Gasteiger partial charge in [-0.3, -0.25) is 4.79 Å². The highest BCUT2D eigenvalue weighted by atomic mass is 32.2. The smallest absolute Gasteiger partial charge is 0.315 e. The van der Waals surface area contributed by atoms with Crippen LogP contribution in [0.25, 0.3) is 0 Å².